The molecule has 186 valence electrons. The third kappa shape index (κ3) is 4.38. The van der Waals surface area contributed by atoms with Gasteiger partial charge in [-0.25, -0.2) is 4.79 Å². The number of aromatic nitrogens is 1. The van der Waals surface area contributed by atoms with Crippen molar-refractivity contribution in [1.29, 1.82) is 0 Å². The minimum atomic E-state index is -1.03. The zero-order valence-electron chi connectivity index (χ0n) is 20.6. The van der Waals surface area contributed by atoms with Gasteiger partial charge in [0.1, 0.15) is 0 Å². The Morgan fingerprint density at radius 1 is 0.973 bits per heavy atom. The number of benzene rings is 3. The molecule has 1 saturated heterocycles. The molecule has 0 radical (unpaired) electrons. The number of aromatic carboxylic acids is 1. The summed E-state index contributed by atoms with van der Waals surface area (Å²) in [6.45, 7) is 3.22. The zero-order chi connectivity index (χ0) is 25.5. The molecule has 0 unspecified atom stereocenters. The minimum Gasteiger partial charge on any atom is -0.478 e. The van der Waals surface area contributed by atoms with Gasteiger partial charge in [0.15, 0.2) is 0 Å². The molecule has 3 N–H and O–H groups in total. The Balaban J connectivity index is 1.44. The quantitative estimate of drug-likeness (QED) is 0.314. The first-order valence-electron chi connectivity index (χ1n) is 12.5. The lowest BCUT2D eigenvalue weighted by atomic mass is 9.97. The summed E-state index contributed by atoms with van der Waals surface area (Å²) >= 11 is 0. The van der Waals surface area contributed by atoms with Crippen LogP contribution in [0.25, 0.3) is 22.2 Å². The van der Waals surface area contributed by atoms with E-state index < -0.39 is 5.97 Å². The molecular weight excluding hydrogens is 464 g/mol. The number of rotatable bonds is 6. The lowest BCUT2D eigenvalue weighted by Gasteiger charge is -2.17. The van der Waals surface area contributed by atoms with Crippen molar-refractivity contribution in [1.82, 2.24) is 9.47 Å². The van der Waals surface area contributed by atoms with Crippen LogP contribution in [-0.2, 0) is 18.4 Å². The number of hydrogen-bond acceptors (Lipinski definition) is 4. The Kier molecular flexibility index (Phi) is 5.77. The molecule has 0 atom stereocenters. The Bertz CT molecular complexity index is 1560. The molecule has 0 saturated carbocycles. The van der Waals surface area contributed by atoms with Crippen LogP contribution in [0.15, 0.2) is 72.9 Å². The van der Waals surface area contributed by atoms with Crippen LogP contribution in [0.3, 0.4) is 0 Å². The zero-order valence-corrected chi connectivity index (χ0v) is 20.6. The number of hydrogen-bond donors (Lipinski definition) is 3. The number of amides is 1. The average Bonchev–Trinajstić information content (AvgIpc) is 3.62. The van der Waals surface area contributed by atoms with Gasteiger partial charge in [-0.05, 0) is 85.6 Å². The van der Waals surface area contributed by atoms with E-state index in [9.17, 15) is 14.7 Å². The van der Waals surface area contributed by atoms with Crippen LogP contribution >= 0.6 is 0 Å². The largest absolute Gasteiger partial charge is 0.478 e. The summed E-state index contributed by atoms with van der Waals surface area (Å²) in [5, 5.41) is 17.0. The maximum atomic E-state index is 13.3. The Labute approximate surface area is 215 Å². The Morgan fingerprint density at radius 3 is 2.49 bits per heavy atom. The van der Waals surface area contributed by atoms with Gasteiger partial charge in [0.25, 0.3) is 5.91 Å². The number of fused-ring (bicyclic) bond motifs is 2. The number of nitrogens with one attached hydrogen (secondary N) is 2. The van der Waals surface area contributed by atoms with Gasteiger partial charge in [0.05, 0.1) is 16.8 Å². The van der Waals surface area contributed by atoms with Crippen molar-refractivity contribution in [2.45, 2.75) is 19.4 Å². The van der Waals surface area contributed by atoms with Gasteiger partial charge in [-0.2, -0.15) is 0 Å². The summed E-state index contributed by atoms with van der Waals surface area (Å²) in [7, 11) is 2.00. The first kappa shape index (κ1) is 23.1. The number of nitrogens with zero attached hydrogens (tertiary/aromatic N) is 2. The van der Waals surface area contributed by atoms with Crippen LogP contribution < -0.4 is 10.6 Å². The molecule has 3 heterocycles. The maximum Gasteiger partial charge on any atom is 0.335 e. The summed E-state index contributed by atoms with van der Waals surface area (Å²) in [6.07, 6.45) is 4.52. The standard InChI is InChI=1S/C30H28N4O3/c1-33-15-12-20-16-21(7-11-26(20)33)28(27-24-17-22(30(36)37)6-10-25(24)32-29(27)35)31-23-8-4-19(5-9-23)18-34-13-2-3-14-34/h4-12,15-17,31H,2-3,13-14,18H2,1H3,(H,32,35)(H,36,37). The molecule has 1 aromatic heterocycles. The van der Waals surface area contributed by atoms with Crippen molar-refractivity contribution < 1.29 is 14.7 Å². The second-order valence-electron chi connectivity index (χ2n) is 9.78. The molecular formula is C30H28N4O3. The molecule has 0 bridgehead atoms. The van der Waals surface area contributed by atoms with E-state index in [1.165, 1.54) is 24.5 Å². The predicted molar refractivity (Wildman–Crippen MR) is 146 cm³/mol. The normalized spacial score (nSPS) is 16.6. The van der Waals surface area contributed by atoms with Crippen molar-refractivity contribution in [2.24, 2.45) is 7.05 Å². The van der Waals surface area contributed by atoms with Crippen molar-refractivity contribution in [3.05, 3.63) is 95.2 Å². The highest BCUT2D eigenvalue weighted by Crippen LogP contribution is 2.38. The third-order valence-corrected chi connectivity index (χ3v) is 7.26. The number of aryl methyl sites for hydroxylation is 1. The number of likely N-dealkylation sites (tertiary alicyclic amines) is 1. The van der Waals surface area contributed by atoms with Crippen LogP contribution in [0, 0.1) is 0 Å². The van der Waals surface area contributed by atoms with Gasteiger partial charge in [-0.3, -0.25) is 9.69 Å². The fourth-order valence-corrected chi connectivity index (χ4v) is 5.30. The van der Waals surface area contributed by atoms with Crippen molar-refractivity contribution in [3.63, 3.8) is 0 Å². The highest BCUT2D eigenvalue weighted by molar-refractivity contribution is 6.37. The molecule has 7 heteroatoms. The fraction of sp³-hybridized carbons (Fsp3) is 0.200. The van der Waals surface area contributed by atoms with Gasteiger partial charge < -0.3 is 20.3 Å². The van der Waals surface area contributed by atoms with E-state index in [2.05, 4.69) is 38.3 Å². The molecule has 6 rings (SSSR count). The van der Waals surface area contributed by atoms with E-state index in [4.69, 9.17) is 0 Å². The van der Waals surface area contributed by atoms with Crippen molar-refractivity contribution >= 4 is 45.4 Å². The van der Waals surface area contributed by atoms with E-state index in [0.29, 0.717) is 22.5 Å². The van der Waals surface area contributed by atoms with Gasteiger partial charge in [-0.1, -0.05) is 18.2 Å². The summed E-state index contributed by atoms with van der Waals surface area (Å²) in [4.78, 5) is 27.4. The summed E-state index contributed by atoms with van der Waals surface area (Å²) in [5.41, 5.74) is 6.42. The number of carboxylic acid groups (broad SMARTS) is 1. The van der Waals surface area contributed by atoms with Crippen LogP contribution in [0.2, 0.25) is 0 Å². The van der Waals surface area contributed by atoms with E-state index in [0.717, 1.165) is 41.8 Å². The molecule has 3 aromatic carbocycles. The first-order chi connectivity index (χ1) is 18.0. The van der Waals surface area contributed by atoms with Crippen molar-refractivity contribution in [2.75, 3.05) is 23.7 Å². The smallest absolute Gasteiger partial charge is 0.335 e. The molecule has 37 heavy (non-hydrogen) atoms. The van der Waals surface area contributed by atoms with Gasteiger partial charge in [0, 0.05) is 47.6 Å². The summed E-state index contributed by atoms with van der Waals surface area (Å²) in [5.74, 6) is -1.30. The van der Waals surface area contributed by atoms with Gasteiger partial charge in [0.2, 0.25) is 0 Å². The lowest BCUT2D eigenvalue weighted by Crippen LogP contribution is -2.18. The molecule has 7 nitrogen and oxygen atoms in total. The molecule has 0 aliphatic carbocycles. The predicted octanol–water partition coefficient (Wildman–Crippen LogP) is 5.40. The van der Waals surface area contributed by atoms with Crippen LogP contribution in [0.4, 0.5) is 11.4 Å². The Hall–Kier alpha value is -4.36. The van der Waals surface area contributed by atoms with E-state index in [1.807, 2.05) is 43.6 Å². The SMILES string of the molecule is Cn1ccc2cc(C(Nc3ccc(CN4CCCC4)cc3)=C3C(=O)Nc4ccc(C(=O)O)cc43)ccc21. The fourth-order valence-electron chi connectivity index (χ4n) is 5.30. The van der Waals surface area contributed by atoms with Gasteiger partial charge in [-0.15, -0.1) is 0 Å². The topological polar surface area (TPSA) is 86.6 Å². The van der Waals surface area contributed by atoms with Crippen molar-refractivity contribution in [3.8, 4) is 0 Å². The minimum absolute atomic E-state index is 0.136. The number of anilines is 2. The van der Waals surface area contributed by atoms with E-state index in [-0.39, 0.29) is 11.5 Å². The number of carboxylic acids is 1. The average molecular weight is 493 g/mol. The van der Waals surface area contributed by atoms with Gasteiger partial charge >= 0.3 is 5.97 Å². The van der Waals surface area contributed by atoms with Crippen LogP contribution in [0.5, 0.6) is 0 Å². The second-order valence-corrected chi connectivity index (χ2v) is 9.78. The highest BCUT2D eigenvalue weighted by Gasteiger charge is 2.29. The molecule has 4 aromatic rings. The third-order valence-electron chi connectivity index (χ3n) is 7.26. The Morgan fingerprint density at radius 2 is 1.73 bits per heavy atom. The molecule has 1 amide bonds. The first-order valence-corrected chi connectivity index (χ1v) is 12.5. The monoisotopic (exact) mass is 492 g/mol. The maximum absolute atomic E-state index is 13.3. The summed E-state index contributed by atoms with van der Waals surface area (Å²) < 4.78 is 2.05. The highest BCUT2D eigenvalue weighted by atomic mass is 16.4. The van der Waals surface area contributed by atoms with Crippen LogP contribution in [0.1, 0.15) is 39.9 Å². The number of carbonyl (C=O) groups is 2. The van der Waals surface area contributed by atoms with Crippen LogP contribution in [-0.4, -0.2) is 39.5 Å². The van der Waals surface area contributed by atoms with E-state index in [1.54, 1.807) is 12.1 Å². The molecule has 2 aliphatic heterocycles. The molecule has 0 spiro atoms. The summed E-state index contributed by atoms with van der Waals surface area (Å²) in [6, 6.07) is 21.2. The lowest BCUT2D eigenvalue weighted by molar-refractivity contribution is -0.110. The van der Waals surface area contributed by atoms with E-state index >= 15 is 0 Å². The number of carbonyl (C=O) groups excluding carboxylic acids is 1. The molecule has 2 aliphatic rings. The second kappa shape index (κ2) is 9.26. The molecule has 1 fully saturated rings.